The predicted molar refractivity (Wildman–Crippen MR) is 175 cm³/mol. The summed E-state index contributed by atoms with van der Waals surface area (Å²) in [6.45, 7) is 2.83. The third-order valence-electron chi connectivity index (χ3n) is 7.27. The molecular formula is C30H30Cl4N2O4S2. The molecule has 6 nitrogen and oxygen atoms in total. The van der Waals surface area contributed by atoms with Crippen molar-refractivity contribution in [1.29, 1.82) is 0 Å². The zero-order valence-corrected chi connectivity index (χ0v) is 27.1. The standard InChI is InChI=1S/2C15H14ClNO2S.2ClH/c2*16-12-4-2-1-3-11(12)14(15(18)19)17-7-5-13-10(9-17)6-8-20-13;;/h2*1-4,6,8,14H,5,7,9H2,(H,18,19);2*1H/t2*14-;;/m10../s1. The molecule has 2 aliphatic rings. The van der Waals surface area contributed by atoms with Crippen LogP contribution in [0, 0.1) is 0 Å². The minimum absolute atomic E-state index is 0. The lowest BCUT2D eigenvalue weighted by molar-refractivity contribution is -0.145. The van der Waals surface area contributed by atoms with Gasteiger partial charge in [-0.25, -0.2) is 0 Å². The van der Waals surface area contributed by atoms with Crippen molar-refractivity contribution in [2.24, 2.45) is 0 Å². The number of halogens is 4. The van der Waals surface area contributed by atoms with E-state index in [0.717, 1.165) is 25.9 Å². The smallest absolute Gasteiger partial charge is 0.325 e. The first-order valence-corrected chi connectivity index (χ1v) is 15.4. The summed E-state index contributed by atoms with van der Waals surface area (Å²) in [5.74, 6) is -1.70. The van der Waals surface area contributed by atoms with Crippen molar-refractivity contribution in [2.45, 2.75) is 38.0 Å². The maximum absolute atomic E-state index is 11.7. The number of nitrogens with zero attached hydrogens (tertiary/aromatic N) is 2. The van der Waals surface area contributed by atoms with E-state index >= 15 is 0 Å². The molecule has 2 atom stereocenters. The van der Waals surface area contributed by atoms with E-state index in [9.17, 15) is 19.8 Å². The van der Waals surface area contributed by atoms with Gasteiger partial charge in [0.2, 0.25) is 0 Å². The molecule has 4 aromatic rings. The number of aliphatic carboxylic acids is 2. The van der Waals surface area contributed by atoms with E-state index in [1.54, 1.807) is 46.9 Å². The molecule has 224 valence electrons. The summed E-state index contributed by atoms with van der Waals surface area (Å²) in [4.78, 5) is 30.1. The maximum atomic E-state index is 11.7. The largest absolute Gasteiger partial charge is 0.480 e. The van der Waals surface area contributed by atoms with Crippen molar-refractivity contribution < 1.29 is 19.8 Å². The monoisotopic (exact) mass is 686 g/mol. The average Bonchev–Trinajstić information content (AvgIpc) is 3.60. The Morgan fingerprint density at radius 1 is 0.667 bits per heavy atom. The second kappa shape index (κ2) is 15.5. The van der Waals surface area contributed by atoms with Crippen LogP contribution in [0.2, 0.25) is 10.0 Å². The number of thiophene rings is 2. The van der Waals surface area contributed by atoms with Crippen LogP contribution < -0.4 is 0 Å². The number of hydrogen-bond acceptors (Lipinski definition) is 6. The van der Waals surface area contributed by atoms with Crippen LogP contribution in [0.4, 0.5) is 0 Å². The Labute approximate surface area is 275 Å². The quantitative estimate of drug-likeness (QED) is 0.214. The van der Waals surface area contributed by atoms with Gasteiger partial charge < -0.3 is 10.2 Å². The zero-order chi connectivity index (χ0) is 28.2. The van der Waals surface area contributed by atoms with Gasteiger partial charge in [-0.1, -0.05) is 59.6 Å². The topological polar surface area (TPSA) is 81.1 Å². The fraction of sp³-hybridized carbons (Fsp3) is 0.267. The summed E-state index contributed by atoms with van der Waals surface area (Å²) < 4.78 is 0. The van der Waals surface area contributed by atoms with Gasteiger partial charge in [0.05, 0.1) is 0 Å². The minimum atomic E-state index is -0.850. The van der Waals surface area contributed by atoms with Gasteiger partial charge in [-0.3, -0.25) is 19.4 Å². The van der Waals surface area contributed by atoms with Crippen molar-refractivity contribution in [2.75, 3.05) is 13.1 Å². The highest BCUT2D eigenvalue weighted by molar-refractivity contribution is 7.10. The number of hydrogen-bond donors (Lipinski definition) is 2. The molecule has 0 unspecified atom stereocenters. The Morgan fingerprint density at radius 3 is 1.40 bits per heavy atom. The molecule has 2 N–H and O–H groups in total. The zero-order valence-electron chi connectivity index (χ0n) is 22.3. The number of benzene rings is 2. The van der Waals surface area contributed by atoms with E-state index in [0.29, 0.717) is 34.3 Å². The highest BCUT2D eigenvalue weighted by Crippen LogP contribution is 2.34. The van der Waals surface area contributed by atoms with Gasteiger partial charge in [-0.2, -0.15) is 0 Å². The van der Waals surface area contributed by atoms with Crippen LogP contribution in [-0.4, -0.2) is 45.0 Å². The fourth-order valence-corrected chi connectivity index (χ4v) is 7.60. The lowest BCUT2D eigenvalue weighted by atomic mass is 10.0. The van der Waals surface area contributed by atoms with Crippen LogP contribution in [0.5, 0.6) is 0 Å². The molecule has 6 rings (SSSR count). The number of carbonyl (C=O) groups is 2. The molecule has 0 saturated carbocycles. The van der Waals surface area contributed by atoms with Gasteiger partial charge in [-0.05, 0) is 70.1 Å². The minimum Gasteiger partial charge on any atom is -0.480 e. The average molecular weight is 689 g/mol. The van der Waals surface area contributed by atoms with Crippen molar-refractivity contribution in [1.82, 2.24) is 9.80 Å². The van der Waals surface area contributed by atoms with Crippen molar-refractivity contribution in [3.63, 3.8) is 0 Å². The van der Waals surface area contributed by atoms with E-state index < -0.39 is 24.0 Å². The van der Waals surface area contributed by atoms with Crippen molar-refractivity contribution in [3.8, 4) is 0 Å². The second-order valence-corrected chi connectivity index (χ2v) is 12.5. The Kier molecular flexibility index (Phi) is 12.7. The fourth-order valence-electron chi connectivity index (χ4n) is 5.35. The molecule has 2 aromatic heterocycles. The number of fused-ring (bicyclic) bond motifs is 2. The molecule has 0 amide bonds. The molecule has 4 heterocycles. The summed E-state index contributed by atoms with van der Waals surface area (Å²) in [5, 5.41) is 24.4. The normalized spacial score (nSPS) is 15.9. The van der Waals surface area contributed by atoms with Crippen LogP contribution in [0.3, 0.4) is 0 Å². The van der Waals surface area contributed by atoms with Gasteiger partial charge in [0.15, 0.2) is 0 Å². The first-order valence-electron chi connectivity index (χ1n) is 12.9. The molecular weight excluding hydrogens is 658 g/mol. The highest BCUT2D eigenvalue weighted by atomic mass is 35.5. The third-order valence-corrected chi connectivity index (χ3v) is 10.0. The molecule has 0 bridgehead atoms. The molecule has 0 radical (unpaired) electrons. The van der Waals surface area contributed by atoms with Gasteiger partial charge in [0.1, 0.15) is 12.1 Å². The Balaban J connectivity index is 0.000000220. The molecule has 0 aliphatic carbocycles. The summed E-state index contributed by atoms with van der Waals surface area (Å²) in [5.41, 5.74) is 3.81. The highest BCUT2D eigenvalue weighted by Gasteiger charge is 2.33. The van der Waals surface area contributed by atoms with E-state index in [1.165, 1.54) is 20.9 Å². The number of carboxylic acid groups (broad SMARTS) is 2. The van der Waals surface area contributed by atoms with Crippen LogP contribution in [0.15, 0.2) is 71.4 Å². The molecule has 0 spiro atoms. The van der Waals surface area contributed by atoms with Gasteiger partial charge in [0.25, 0.3) is 0 Å². The van der Waals surface area contributed by atoms with Crippen LogP contribution in [0.25, 0.3) is 0 Å². The van der Waals surface area contributed by atoms with Gasteiger partial charge in [0, 0.05) is 46.0 Å². The summed E-state index contributed by atoms with van der Waals surface area (Å²) in [7, 11) is 0. The number of carboxylic acids is 2. The summed E-state index contributed by atoms with van der Waals surface area (Å²) >= 11 is 15.8. The Bertz CT molecular complexity index is 1400. The molecule has 2 aliphatic heterocycles. The second-order valence-electron chi connectivity index (χ2n) is 9.70. The van der Waals surface area contributed by atoms with Gasteiger partial charge in [-0.15, -0.1) is 47.5 Å². The third kappa shape index (κ3) is 7.68. The maximum Gasteiger partial charge on any atom is 0.325 e. The lowest BCUT2D eigenvalue weighted by Gasteiger charge is -2.32. The van der Waals surface area contributed by atoms with Crippen LogP contribution in [0.1, 0.15) is 44.1 Å². The lowest BCUT2D eigenvalue weighted by Crippen LogP contribution is -2.37. The van der Waals surface area contributed by atoms with Crippen LogP contribution in [-0.2, 0) is 35.5 Å². The molecule has 12 heteroatoms. The van der Waals surface area contributed by atoms with E-state index in [-0.39, 0.29) is 24.8 Å². The molecule has 0 fully saturated rings. The van der Waals surface area contributed by atoms with Crippen LogP contribution >= 0.6 is 70.7 Å². The van der Waals surface area contributed by atoms with Crippen molar-refractivity contribution in [3.05, 3.63) is 113 Å². The Hall–Kier alpha value is -2.14. The van der Waals surface area contributed by atoms with E-state index in [2.05, 4.69) is 22.9 Å². The first-order chi connectivity index (χ1) is 19.3. The predicted octanol–water partition coefficient (Wildman–Crippen LogP) is 8.01. The summed E-state index contributed by atoms with van der Waals surface area (Å²) in [6.07, 6.45) is 1.81. The van der Waals surface area contributed by atoms with Crippen molar-refractivity contribution >= 4 is 82.6 Å². The molecule has 0 saturated heterocycles. The number of rotatable bonds is 6. The van der Waals surface area contributed by atoms with Gasteiger partial charge >= 0.3 is 11.9 Å². The summed E-state index contributed by atoms with van der Waals surface area (Å²) in [6, 6.07) is 17.2. The molecule has 42 heavy (non-hydrogen) atoms. The first kappa shape index (κ1) is 34.4. The van der Waals surface area contributed by atoms with E-state index in [4.69, 9.17) is 23.2 Å². The van der Waals surface area contributed by atoms with E-state index in [1.807, 2.05) is 34.1 Å². The Morgan fingerprint density at radius 2 is 1.05 bits per heavy atom. The molecule has 2 aromatic carbocycles. The SMILES string of the molecule is Cl.Cl.O=C(O)[C@@H](c1ccccc1Cl)N1CCc2sccc2C1.O=C(O)[C@H](c1ccccc1Cl)N1CCc2sccc2C1.